The summed E-state index contributed by atoms with van der Waals surface area (Å²) in [6, 6.07) is 4.72. The summed E-state index contributed by atoms with van der Waals surface area (Å²) in [4.78, 5) is 0. The van der Waals surface area contributed by atoms with Gasteiger partial charge in [0.15, 0.2) is 0 Å². The van der Waals surface area contributed by atoms with E-state index in [0.29, 0.717) is 0 Å². The molecule has 1 aromatic carbocycles. The Labute approximate surface area is 146 Å². The maximum absolute atomic E-state index is 13.6. The van der Waals surface area contributed by atoms with Crippen molar-refractivity contribution in [3.8, 4) is 0 Å². The van der Waals surface area contributed by atoms with Gasteiger partial charge in [0.05, 0.1) is 0 Å². The fourth-order valence-electron chi connectivity index (χ4n) is 1.42. The summed E-state index contributed by atoms with van der Waals surface area (Å²) in [6.45, 7) is 0. The molecule has 0 saturated carbocycles. The van der Waals surface area contributed by atoms with Crippen molar-refractivity contribution in [1.29, 1.82) is 0 Å². The monoisotopic (exact) mass is 523 g/mol. The Morgan fingerprint density at radius 1 is 0.500 bits per heavy atom. The minimum atomic E-state index is -7.84. The summed E-state index contributed by atoms with van der Waals surface area (Å²) in [7, 11) is 0. The standard InChI is InChI=1S/C12H5F13I/c13-7(14,9(17,18)11(21,22)23)8(15,16)10(19,20)12(24,25)26-6-4-2-1-3-5-6/h1-5H/q-1. The van der Waals surface area contributed by atoms with Crippen LogP contribution in [0.4, 0.5) is 57.1 Å². The zero-order valence-corrected chi connectivity index (χ0v) is 13.8. The Bertz CT molecular complexity index is 620. The van der Waals surface area contributed by atoms with Crippen LogP contribution in [-0.4, -0.2) is 33.8 Å². The van der Waals surface area contributed by atoms with Crippen LogP contribution >= 0.6 is 0 Å². The Kier molecular flexibility index (Phi) is 5.84. The molecule has 0 aliphatic heterocycles. The molecular weight excluding hydrogens is 518 g/mol. The molecule has 0 radical (unpaired) electrons. The predicted octanol–water partition coefficient (Wildman–Crippen LogP) is 2.64. The van der Waals surface area contributed by atoms with Crippen LogP contribution in [0.25, 0.3) is 0 Å². The molecule has 0 N–H and O–H groups in total. The van der Waals surface area contributed by atoms with E-state index in [4.69, 9.17) is 0 Å². The predicted molar refractivity (Wildman–Crippen MR) is 55.9 cm³/mol. The molecule has 0 aromatic heterocycles. The third-order valence-electron chi connectivity index (χ3n) is 2.86. The second-order valence-corrected chi connectivity index (χ2v) is 7.82. The first-order chi connectivity index (χ1) is 11.3. The van der Waals surface area contributed by atoms with E-state index in [1.165, 1.54) is 6.07 Å². The van der Waals surface area contributed by atoms with E-state index in [-0.39, 0.29) is 0 Å². The van der Waals surface area contributed by atoms with E-state index >= 15 is 0 Å². The number of hydrogen-bond acceptors (Lipinski definition) is 0. The van der Waals surface area contributed by atoms with Crippen LogP contribution in [0.15, 0.2) is 30.3 Å². The first-order valence-corrected chi connectivity index (χ1v) is 8.15. The molecule has 1 aromatic rings. The average molecular weight is 523 g/mol. The van der Waals surface area contributed by atoms with Gasteiger partial charge in [-0.2, -0.15) is 0 Å². The van der Waals surface area contributed by atoms with Gasteiger partial charge in [0, 0.05) is 0 Å². The zero-order valence-electron chi connectivity index (χ0n) is 11.7. The van der Waals surface area contributed by atoms with Gasteiger partial charge in [0.2, 0.25) is 0 Å². The number of alkyl halides is 14. The topological polar surface area (TPSA) is 0 Å². The molecule has 0 unspecified atom stereocenters. The number of hydrogen-bond donors (Lipinski definition) is 0. The van der Waals surface area contributed by atoms with Crippen molar-refractivity contribution < 1.29 is 78.3 Å². The van der Waals surface area contributed by atoms with Crippen LogP contribution in [0.1, 0.15) is 0 Å². The van der Waals surface area contributed by atoms with Crippen molar-refractivity contribution in [1.82, 2.24) is 0 Å². The Morgan fingerprint density at radius 3 is 1.27 bits per heavy atom. The molecule has 0 heterocycles. The van der Waals surface area contributed by atoms with Crippen LogP contribution in [0.2, 0.25) is 0 Å². The third-order valence-corrected chi connectivity index (χ3v) is 5.55. The fourth-order valence-corrected chi connectivity index (χ4v) is 3.66. The van der Waals surface area contributed by atoms with E-state index in [0.717, 1.165) is 24.3 Å². The van der Waals surface area contributed by atoms with E-state index in [2.05, 4.69) is 0 Å². The molecule has 0 amide bonds. The average Bonchev–Trinajstić information content (AvgIpc) is 2.45. The van der Waals surface area contributed by atoms with Crippen molar-refractivity contribution in [3.63, 3.8) is 0 Å². The SMILES string of the molecule is FC(F)(F)C(F)(F)C(F)(F)C(F)(F)C(F)(F)C(F)(F)[I-]c1ccccc1. The maximum atomic E-state index is 13.6. The molecule has 0 nitrogen and oxygen atoms in total. The first-order valence-electron chi connectivity index (χ1n) is 6.00. The minimum absolute atomic E-state index is 0.669. The van der Waals surface area contributed by atoms with Gasteiger partial charge in [0.1, 0.15) is 0 Å². The van der Waals surface area contributed by atoms with Gasteiger partial charge in [-0.15, -0.1) is 0 Å². The Morgan fingerprint density at radius 2 is 0.885 bits per heavy atom. The van der Waals surface area contributed by atoms with Gasteiger partial charge in [-0.1, -0.05) is 0 Å². The molecule has 0 saturated heterocycles. The molecule has 0 spiro atoms. The summed E-state index contributed by atoms with van der Waals surface area (Å²) in [5.74, 6) is -30.4. The van der Waals surface area contributed by atoms with E-state index in [1.54, 1.807) is 0 Å². The van der Waals surface area contributed by atoms with Gasteiger partial charge in [-0.25, -0.2) is 0 Å². The van der Waals surface area contributed by atoms with Gasteiger partial charge in [-0.05, 0) is 0 Å². The van der Waals surface area contributed by atoms with Crippen molar-refractivity contribution in [2.24, 2.45) is 0 Å². The molecule has 0 aliphatic rings. The summed E-state index contributed by atoms with van der Waals surface area (Å²) in [6.07, 6.45) is -7.39. The number of benzene rings is 1. The molecule has 14 heteroatoms. The van der Waals surface area contributed by atoms with Crippen LogP contribution < -0.4 is 21.2 Å². The molecule has 26 heavy (non-hydrogen) atoms. The van der Waals surface area contributed by atoms with Crippen LogP contribution in [0.3, 0.4) is 0 Å². The van der Waals surface area contributed by atoms with Gasteiger partial charge >= 0.3 is 146 Å². The number of rotatable bonds is 6. The van der Waals surface area contributed by atoms with Crippen LogP contribution in [0.5, 0.6) is 0 Å². The normalized spacial score (nSPS) is 15.4. The summed E-state index contributed by atoms with van der Waals surface area (Å²) >= 11 is -3.51. The van der Waals surface area contributed by atoms with Crippen molar-refractivity contribution in [2.75, 3.05) is 0 Å². The van der Waals surface area contributed by atoms with E-state index in [1.807, 2.05) is 0 Å². The van der Waals surface area contributed by atoms with E-state index < -0.39 is 58.6 Å². The molecule has 0 fully saturated rings. The molecule has 152 valence electrons. The van der Waals surface area contributed by atoms with Gasteiger partial charge < -0.3 is 0 Å². The zero-order chi connectivity index (χ0) is 20.8. The van der Waals surface area contributed by atoms with Crippen LogP contribution in [0, 0.1) is 3.57 Å². The molecular formula is C12H5F13I-. The molecule has 0 atom stereocenters. The van der Waals surface area contributed by atoms with E-state index in [9.17, 15) is 57.1 Å². The first kappa shape index (κ1) is 23.1. The molecule has 0 aliphatic carbocycles. The third kappa shape index (κ3) is 3.44. The molecule has 1 rings (SSSR count). The van der Waals surface area contributed by atoms with Gasteiger partial charge in [-0.3, -0.25) is 0 Å². The summed E-state index contributed by atoms with van der Waals surface area (Å²) in [5, 5.41) is 0. The quantitative estimate of drug-likeness (QED) is 0.306. The Balaban J connectivity index is 3.38. The second-order valence-electron chi connectivity index (χ2n) is 4.68. The number of halogens is 14. The fraction of sp³-hybridized carbons (Fsp3) is 0.500. The van der Waals surface area contributed by atoms with Crippen LogP contribution in [-0.2, 0) is 0 Å². The summed E-state index contributed by atoms with van der Waals surface area (Å²) < 4.78 is 161. The second kappa shape index (κ2) is 6.58. The molecule has 0 bridgehead atoms. The van der Waals surface area contributed by atoms with Crippen molar-refractivity contribution in [3.05, 3.63) is 33.9 Å². The van der Waals surface area contributed by atoms with Gasteiger partial charge in [0.25, 0.3) is 0 Å². The summed E-state index contributed by atoms with van der Waals surface area (Å²) in [5.41, 5.74) is 0. The Hall–Kier alpha value is -0.960. The van der Waals surface area contributed by atoms with Crippen molar-refractivity contribution in [2.45, 2.75) is 33.8 Å². The van der Waals surface area contributed by atoms with Crippen molar-refractivity contribution >= 4 is 0 Å².